The fraction of sp³-hybridized carbons (Fsp3) is 0.0909. The van der Waals surface area contributed by atoms with Crippen molar-refractivity contribution >= 4 is 33.3 Å². The molecule has 8 heteroatoms. The lowest BCUT2D eigenvalue weighted by molar-refractivity contribution is 0.0942. The lowest BCUT2D eigenvalue weighted by Crippen LogP contribution is -2.27. The van der Waals surface area contributed by atoms with Gasteiger partial charge in [0.2, 0.25) is 10.0 Å². The number of carbonyl (C=O) groups is 2. The van der Waals surface area contributed by atoms with Crippen LogP contribution in [0.25, 0.3) is 0 Å². The second-order valence-electron chi connectivity index (χ2n) is 6.58. The van der Waals surface area contributed by atoms with Crippen LogP contribution in [0.4, 0.5) is 0 Å². The Morgan fingerprint density at radius 1 is 0.867 bits per heavy atom. The van der Waals surface area contributed by atoms with Crippen LogP contribution in [0.2, 0.25) is 5.02 Å². The van der Waals surface area contributed by atoms with Gasteiger partial charge >= 0.3 is 0 Å². The molecule has 0 fully saturated rings. The summed E-state index contributed by atoms with van der Waals surface area (Å²) in [5, 5.41) is 8.40. The van der Waals surface area contributed by atoms with Gasteiger partial charge in [0, 0.05) is 22.7 Å². The summed E-state index contributed by atoms with van der Waals surface area (Å²) < 4.78 is 22.6. The first-order valence-electron chi connectivity index (χ1n) is 9.05. The Bertz CT molecular complexity index is 1170. The first-order chi connectivity index (χ1) is 14.3. The highest BCUT2D eigenvalue weighted by molar-refractivity contribution is 7.89. The second kappa shape index (κ2) is 9.21. The highest BCUT2D eigenvalue weighted by atomic mass is 35.5. The summed E-state index contributed by atoms with van der Waals surface area (Å²) in [7, 11) is -3.74. The highest BCUT2D eigenvalue weighted by Gasteiger charge is 2.17. The maximum absolute atomic E-state index is 12.8. The van der Waals surface area contributed by atoms with Gasteiger partial charge in [-0.05, 0) is 54.4 Å². The SMILES string of the molecule is NS(=O)(=O)c1ccc(CCNC(=O)c2ccccc2C(=O)c2ccc(Cl)cc2)cc1. The van der Waals surface area contributed by atoms with Gasteiger partial charge in [0.25, 0.3) is 5.91 Å². The summed E-state index contributed by atoms with van der Waals surface area (Å²) in [6.45, 7) is 0.316. The first kappa shape index (κ1) is 21.7. The minimum atomic E-state index is -3.74. The Labute approximate surface area is 179 Å². The van der Waals surface area contributed by atoms with Crippen molar-refractivity contribution in [2.45, 2.75) is 11.3 Å². The Hall–Kier alpha value is -3.00. The Morgan fingerprint density at radius 3 is 2.07 bits per heavy atom. The number of hydrogen-bond donors (Lipinski definition) is 2. The molecular formula is C22H19ClN2O4S. The second-order valence-corrected chi connectivity index (χ2v) is 8.57. The molecule has 0 aliphatic carbocycles. The number of amides is 1. The van der Waals surface area contributed by atoms with Crippen molar-refractivity contribution in [3.63, 3.8) is 0 Å². The average molecular weight is 443 g/mol. The Balaban J connectivity index is 1.67. The van der Waals surface area contributed by atoms with Crippen molar-refractivity contribution in [3.8, 4) is 0 Å². The van der Waals surface area contributed by atoms with Crippen molar-refractivity contribution in [2.75, 3.05) is 6.54 Å². The molecule has 6 nitrogen and oxygen atoms in total. The normalized spacial score (nSPS) is 11.1. The van der Waals surface area contributed by atoms with E-state index in [1.165, 1.54) is 12.1 Å². The van der Waals surface area contributed by atoms with E-state index in [1.54, 1.807) is 60.7 Å². The molecule has 0 radical (unpaired) electrons. The average Bonchev–Trinajstić information content (AvgIpc) is 2.73. The van der Waals surface area contributed by atoms with E-state index in [0.29, 0.717) is 29.1 Å². The molecule has 3 N–H and O–H groups in total. The summed E-state index contributed by atoms with van der Waals surface area (Å²) in [6.07, 6.45) is 0.490. The largest absolute Gasteiger partial charge is 0.352 e. The standard InChI is InChI=1S/C22H19ClN2O4S/c23-17-9-7-16(8-10-17)21(26)19-3-1-2-4-20(19)22(27)25-14-13-15-5-11-18(12-6-15)30(24,28)29/h1-12H,13-14H2,(H,25,27)(H2,24,28,29). The number of hydrogen-bond acceptors (Lipinski definition) is 4. The van der Waals surface area contributed by atoms with E-state index in [0.717, 1.165) is 5.56 Å². The summed E-state index contributed by atoms with van der Waals surface area (Å²) in [6, 6.07) is 19.2. The van der Waals surface area contributed by atoms with E-state index in [4.69, 9.17) is 16.7 Å². The van der Waals surface area contributed by atoms with E-state index in [-0.39, 0.29) is 22.1 Å². The summed E-state index contributed by atoms with van der Waals surface area (Å²) in [5.74, 6) is -0.634. The molecule has 30 heavy (non-hydrogen) atoms. The number of carbonyl (C=O) groups excluding carboxylic acids is 2. The molecule has 0 unspecified atom stereocenters. The zero-order valence-electron chi connectivity index (χ0n) is 15.8. The fourth-order valence-corrected chi connectivity index (χ4v) is 3.54. The molecule has 3 aromatic carbocycles. The fourth-order valence-electron chi connectivity index (χ4n) is 2.90. The van der Waals surface area contributed by atoms with Gasteiger partial charge in [0.05, 0.1) is 10.5 Å². The molecule has 154 valence electrons. The maximum Gasteiger partial charge on any atom is 0.252 e. The number of halogens is 1. The van der Waals surface area contributed by atoms with Crippen LogP contribution in [0, 0.1) is 0 Å². The number of ketones is 1. The predicted octanol–water partition coefficient (Wildman–Crippen LogP) is 3.19. The molecule has 0 heterocycles. The minimum absolute atomic E-state index is 0.0323. The topological polar surface area (TPSA) is 106 Å². The molecule has 0 saturated heterocycles. The molecule has 0 spiro atoms. The Kier molecular flexibility index (Phi) is 6.66. The first-order valence-corrected chi connectivity index (χ1v) is 11.0. The monoisotopic (exact) mass is 442 g/mol. The van der Waals surface area contributed by atoms with Crippen molar-refractivity contribution in [1.82, 2.24) is 5.32 Å². The van der Waals surface area contributed by atoms with Crippen LogP contribution in [-0.4, -0.2) is 26.7 Å². The molecule has 3 rings (SSSR count). The van der Waals surface area contributed by atoms with Crippen molar-refractivity contribution < 1.29 is 18.0 Å². The quantitative estimate of drug-likeness (QED) is 0.548. The van der Waals surface area contributed by atoms with E-state index >= 15 is 0 Å². The molecule has 3 aromatic rings. The molecule has 1 amide bonds. The number of rotatable bonds is 7. The predicted molar refractivity (Wildman–Crippen MR) is 115 cm³/mol. The zero-order chi connectivity index (χ0) is 21.7. The van der Waals surface area contributed by atoms with Gasteiger partial charge < -0.3 is 5.32 Å². The number of sulfonamides is 1. The third kappa shape index (κ3) is 5.33. The van der Waals surface area contributed by atoms with Crippen LogP contribution in [0.3, 0.4) is 0 Å². The molecular weight excluding hydrogens is 424 g/mol. The summed E-state index contributed by atoms with van der Waals surface area (Å²) in [5.41, 5.74) is 1.86. The summed E-state index contributed by atoms with van der Waals surface area (Å²) in [4.78, 5) is 25.5. The number of nitrogens with one attached hydrogen (secondary N) is 1. The zero-order valence-corrected chi connectivity index (χ0v) is 17.4. The van der Waals surface area contributed by atoms with Crippen LogP contribution in [0.15, 0.2) is 77.7 Å². The van der Waals surface area contributed by atoms with E-state index < -0.39 is 10.0 Å². The molecule has 0 aliphatic heterocycles. The van der Waals surface area contributed by atoms with Gasteiger partial charge in [-0.25, -0.2) is 13.6 Å². The van der Waals surface area contributed by atoms with Crippen LogP contribution in [0.1, 0.15) is 31.8 Å². The van der Waals surface area contributed by atoms with Gasteiger partial charge in [0.1, 0.15) is 0 Å². The van der Waals surface area contributed by atoms with E-state index in [1.807, 2.05) is 0 Å². The molecule has 0 atom stereocenters. The smallest absolute Gasteiger partial charge is 0.252 e. The van der Waals surface area contributed by atoms with Crippen LogP contribution in [-0.2, 0) is 16.4 Å². The van der Waals surface area contributed by atoms with Crippen molar-refractivity contribution in [3.05, 3.63) is 100 Å². The third-order valence-electron chi connectivity index (χ3n) is 4.47. The number of benzene rings is 3. The van der Waals surface area contributed by atoms with Gasteiger partial charge in [-0.2, -0.15) is 0 Å². The van der Waals surface area contributed by atoms with Gasteiger partial charge in [-0.3, -0.25) is 9.59 Å². The molecule has 0 aliphatic rings. The van der Waals surface area contributed by atoms with Crippen molar-refractivity contribution in [1.29, 1.82) is 0 Å². The van der Waals surface area contributed by atoms with Crippen LogP contribution in [0.5, 0.6) is 0 Å². The van der Waals surface area contributed by atoms with E-state index in [2.05, 4.69) is 5.32 Å². The summed E-state index contributed by atoms with van der Waals surface area (Å²) >= 11 is 5.87. The number of nitrogens with two attached hydrogens (primary N) is 1. The van der Waals surface area contributed by atoms with E-state index in [9.17, 15) is 18.0 Å². The van der Waals surface area contributed by atoms with Gasteiger partial charge in [-0.15, -0.1) is 0 Å². The lowest BCUT2D eigenvalue weighted by atomic mass is 9.98. The van der Waals surface area contributed by atoms with Crippen LogP contribution >= 0.6 is 11.6 Å². The third-order valence-corrected chi connectivity index (χ3v) is 5.66. The number of primary sulfonamides is 1. The van der Waals surface area contributed by atoms with Gasteiger partial charge in [-0.1, -0.05) is 41.9 Å². The molecule has 0 saturated carbocycles. The van der Waals surface area contributed by atoms with Crippen LogP contribution < -0.4 is 10.5 Å². The van der Waals surface area contributed by atoms with Gasteiger partial charge in [0.15, 0.2) is 5.78 Å². The highest BCUT2D eigenvalue weighted by Crippen LogP contribution is 2.17. The lowest BCUT2D eigenvalue weighted by Gasteiger charge is -2.10. The molecule has 0 aromatic heterocycles. The molecule has 0 bridgehead atoms. The Morgan fingerprint density at radius 2 is 1.47 bits per heavy atom. The minimum Gasteiger partial charge on any atom is -0.352 e. The maximum atomic E-state index is 12.8. The van der Waals surface area contributed by atoms with Crippen molar-refractivity contribution in [2.24, 2.45) is 5.14 Å².